The lowest BCUT2D eigenvalue weighted by atomic mass is 9.96. The quantitative estimate of drug-likeness (QED) is 0.832. The molecule has 0 bridgehead atoms. The predicted octanol–water partition coefficient (Wildman–Crippen LogP) is 1.20. The molecular weight excluding hydrogens is 328 g/mol. The van der Waals surface area contributed by atoms with E-state index in [1.165, 1.54) is 0 Å². The van der Waals surface area contributed by atoms with Gasteiger partial charge in [0.25, 0.3) is 0 Å². The Hall–Kier alpha value is -1.44. The first kappa shape index (κ1) is 18.9. The Balaban J connectivity index is 1.91. The van der Waals surface area contributed by atoms with Crippen molar-refractivity contribution in [2.75, 3.05) is 19.6 Å². The number of nitrogens with one attached hydrogen (secondary N) is 1. The minimum atomic E-state index is -3.62. The molecule has 1 saturated heterocycles. The summed E-state index contributed by atoms with van der Waals surface area (Å²) in [7, 11) is -3.62. The zero-order valence-corrected chi connectivity index (χ0v) is 15.3. The first-order chi connectivity index (χ1) is 11.2. The number of rotatable bonds is 5. The van der Waals surface area contributed by atoms with Crippen molar-refractivity contribution in [2.45, 2.75) is 44.6 Å². The highest BCUT2D eigenvalue weighted by molar-refractivity contribution is 7.89. The molecule has 1 aromatic carbocycles. The summed E-state index contributed by atoms with van der Waals surface area (Å²) >= 11 is 0. The van der Waals surface area contributed by atoms with E-state index in [0.29, 0.717) is 25.1 Å². The van der Waals surface area contributed by atoms with Crippen LogP contribution in [0, 0.1) is 19.8 Å². The fourth-order valence-electron chi connectivity index (χ4n) is 2.88. The third-order valence-corrected chi connectivity index (χ3v) is 6.08. The third-order valence-electron chi connectivity index (χ3n) is 4.48. The molecule has 2 N–H and O–H groups in total. The SMILES string of the molecule is Cc1ccc(C)c(S(=O)(=O)NCCC(=O)N2CC[C@H](O)[C@H](C)C2)c1. The van der Waals surface area contributed by atoms with E-state index in [-0.39, 0.29) is 35.8 Å². The summed E-state index contributed by atoms with van der Waals surface area (Å²) < 4.78 is 27.3. The average molecular weight is 354 g/mol. The average Bonchev–Trinajstić information content (AvgIpc) is 2.52. The largest absolute Gasteiger partial charge is 0.393 e. The summed E-state index contributed by atoms with van der Waals surface area (Å²) in [5.41, 5.74) is 1.55. The van der Waals surface area contributed by atoms with Gasteiger partial charge in [-0.2, -0.15) is 0 Å². The number of aliphatic hydroxyl groups is 1. The zero-order valence-electron chi connectivity index (χ0n) is 14.4. The van der Waals surface area contributed by atoms with Crippen LogP contribution in [-0.2, 0) is 14.8 Å². The molecule has 24 heavy (non-hydrogen) atoms. The van der Waals surface area contributed by atoms with Crippen LogP contribution in [0.2, 0.25) is 0 Å². The molecule has 1 aliphatic rings. The van der Waals surface area contributed by atoms with Crippen LogP contribution in [0.5, 0.6) is 0 Å². The Bertz CT molecular complexity index is 703. The predicted molar refractivity (Wildman–Crippen MR) is 92.1 cm³/mol. The van der Waals surface area contributed by atoms with Crippen LogP contribution in [0.25, 0.3) is 0 Å². The molecule has 134 valence electrons. The van der Waals surface area contributed by atoms with Crippen molar-refractivity contribution in [1.29, 1.82) is 0 Å². The molecule has 0 spiro atoms. The van der Waals surface area contributed by atoms with Gasteiger partial charge in [0.1, 0.15) is 0 Å². The maximum Gasteiger partial charge on any atom is 0.240 e. The van der Waals surface area contributed by atoms with E-state index in [1.54, 1.807) is 24.0 Å². The number of carbonyl (C=O) groups excluding carboxylic acids is 1. The molecule has 0 aliphatic carbocycles. The van der Waals surface area contributed by atoms with Crippen molar-refractivity contribution in [1.82, 2.24) is 9.62 Å². The van der Waals surface area contributed by atoms with Crippen LogP contribution in [0.4, 0.5) is 0 Å². The second-order valence-electron chi connectivity index (χ2n) is 6.59. The van der Waals surface area contributed by atoms with Crippen molar-refractivity contribution in [2.24, 2.45) is 5.92 Å². The Morgan fingerprint density at radius 3 is 2.75 bits per heavy atom. The first-order valence-corrected chi connectivity index (χ1v) is 9.72. The molecule has 6 nitrogen and oxygen atoms in total. The molecule has 0 unspecified atom stereocenters. The van der Waals surface area contributed by atoms with Gasteiger partial charge in [-0.05, 0) is 43.4 Å². The van der Waals surface area contributed by atoms with E-state index < -0.39 is 10.0 Å². The van der Waals surface area contributed by atoms with E-state index in [1.807, 2.05) is 19.9 Å². The van der Waals surface area contributed by atoms with E-state index >= 15 is 0 Å². The van der Waals surface area contributed by atoms with E-state index in [2.05, 4.69) is 4.72 Å². The number of carbonyl (C=O) groups is 1. The Morgan fingerprint density at radius 1 is 1.38 bits per heavy atom. The minimum Gasteiger partial charge on any atom is -0.393 e. The number of amides is 1. The van der Waals surface area contributed by atoms with Crippen molar-refractivity contribution in [3.05, 3.63) is 29.3 Å². The molecule has 2 rings (SSSR count). The Labute approximate surface area is 143 Å². The minimum absolute atomic E-state index is 0.0503. The lowest BCUT2D eigenvalue weighted by Gasteiger charge is -2.34. The smallest absolute Gasteiger partial charge is 0.240 e. The second-order valence-corrected chi connectivity index (χ2v) is 8.33. The number of aryl methyl sites for hydroxylation is 2. The fourth-order valence-corrected chi connectivity index (χ4v) is 4.24. The maximum atomic E-state index is 12.4. The third kappa shape index (κ3) is 4.55. The van der Waals surface area contributed by atoms with Gasteiger partial charge < -0.3 is 10.0 Å². The lowest BCUT2D eigenvalue weighted by molar-refractivity contribution is -0.134. The van der Waals surface area contributed by atoms with E-state index in [4.69, 9.17) is 0 Å². The number of aliphatic hydroxyl groups excluding tert-OH is 1. The molecule has 1 amide bonds. The number of likely N-dealkylation sites (tertiary alicyclic amines) is 1. The summed E-state index contributed by atoms with van der Waals surface area (Å²) in [6.07, 6.45) is 0.324. The molecule has 1 fully saturated rings. The highest BCUT2D eigenvalue weighted by Crippen LogP contribution is 2.18. The normalized spacial score (nSPS) is 21.8. The molecule has 0 saturated carbocycles. The van der Waals surface area contributed by atoms with Gasteiger partial charge in [0, 0.05) is 26.1 Å². The molecule has 1 aliphatic heterocycles. The van der Waals surface area contributed by atoms with Gasteiger partial charge in [-0.3, -0.25) is 4.79 Å². The second kappa shape index (κ2) is 7.63. The molecule has 1 aromatic rings. The van der Waals surface area contributed by atoms with Gasteiger partial charge in [0.2, 0.25) is 15.9 Å². The molecule has 2 atom stereocenters. The van der Waals surface area contributed by atoms with Gasteiger partial charge in [0.05, 0.1) is 11.0 Å². The van der Waals surface area contributed by atoms with Crippen LogP contribution in [0.15, 0.2) is 23.1 Å². The van der Waals surface area contributed by atoms with Crippen LogP contribution in [-0.4, -0.2) is 50.1 Å². The van der Waals surface area contributed by atoms with Gasteiger partial charge in [-0.1, -0.05) is 19.1 Å². The molecule has 0 radical (unpaired) electrons. The number of benzene rings is 1. The topological polar surface area (TPSA) is 86.7 Å². The van der Waals surface area contributed by atoms with Crippen LogP contribution < -0.4 is 4.72 Å². The molecular formula is C17H26N2O4S. The van der Waals surface area contributed by atoms with E-state index in [9.17, 15) is 18.3 Å². The standard InChI is InChI=1S/C17H26N2O4S/c1-12-4-5-13(2)16(10-12)24(22,23)18-8-6-17(21)19-9-7-15(20)14(3)11-19/h4-5,10,14-15,18,20H,6-9,11H2,1-3H3/t14-,15+/m1/s1. The highest BCUT2D eigenvalue weighted by Gasteiger charge is 2.27. The van der Waals surface area contributed by atoms with Crippen LogP contribution >= 0.6 is 0 Å². The van der Waals surface area contributed by atoms with Gasteiger partial charge >= 0.3 is 0 Å². The van der Waals surface area contributed by atoms with Gasteiger partial charge in [-0.25, -0.2) is 13.1 Å². The maximum absolute atomic E-state index is 12.4. The summed E-state index contributed by atoms with van der Waals surface area (Å²) in [6, 6.07) is 5.27. The van der Waals surface area contributed by atoms with Crippen molar-refractivity contribution in [3.63, 3.8) is 0 Å². The number of sulfonamides is 1. The zero-order chi connectivity index (χ0) is 17.9. The van der Waals surface area contributed by atoms with Crippen molar-refractivity contribution in [3.8, 4) is 0 Å². The number of hydrogen-bond donors (Lipinski definition) is 2. The monoisotopic (exact) mass is 354 g/mol. The summed E-state index contributed by atoms with van der Waals surface area (Å²) in [5.74, 6) is -0.0354. The summed E-state index contributed by atoms with van der Waals surface area (Å²) in [5, 5.41) is 9.70. The number of nitrogens with zero attached hydrogens (tertiary/aromatic N) is 1. The number of hydrogen-bond acceptors (Lipinski definition) is 4. The van der Waals surface area contributed by atoms with Crippen LogP contribution in [0.1, 0.15) is 30.9 Å². The van der Waals surface area contributed by atoms with Gasteiger partial charge in [0.15, 0.2) is 0 Å². The highest BCUT2D eigenvalue weighted by atomic mass is 32.2. The summed E-state index contributed by atoms with van der Waals surface area (Å²) in [4.78, 5) is 14.2. The molecule has 0 aromatic heterocycles. The molecule has 7 heteroatoms. The van der Waals surface area contributed by atoms with Crippen LogP contribution in [0.3, 0.4) is 0 Å². The van der Waals surface area contributed by atoms with E-state index in [0.717, 1.165) is 5.56 Å². The fraction of sp³-hybridized carbons (Fsp3) is 0.588. The Morgan fingerprint density at radius 2 is 2.08 bits per heavy atom. The number of piperidine rings is 1. The van der Waals surface area contributed by atoms with Crippen molar-refractivity contribution < 1.29 is 18.3 Å². The summed E-state index contributed by atoms with van der Waals surface area (Å²) in [6.45, 7) is 6.61. The van der Waals surface area contributed by atoms with Gasteiger partial charge in [-0.15, -0.1) is 0 Å². The lowest BCUT2D eigenvalue weighted by Crippen LogP contribution is -2.45. The van der Waals surface area contributed by atoms with Crippen molar-refractivity contribution >= 4 is 15.9 Å². The Kier molecular flexibility index (Phi) is 6.01. The molecule has 1 heterocycles. The first-order valence-electron chi connectivity index (χ1n) is 8.23.